The highest BCUT2D eigenvalue weighted by Crippen LogP contribution is 2.41. The van der Waals surface area contributed by atoms with Crippen molar-refractivity contribution in [3.8, 4) is 0 Å². The van der Waals surface area contributed by atoms with Gasteiger partial charge in [0.15, 0.2) is 0 Å². The molecule has 3 heterocycles. The van der Waals surface area contributed by atoms with Gasteiger partial charge in [0, 0.05) is 12.1 Å². The van der Waals surface area contributed by atoms with Crippen molar-refractivity contribution in [2.45, 2.75) is 6.18 Å². The maximum atomic E-state index is 13.5. The molecule has 0 saturated heterocycles. The number of para-hydroxylation sites is 3. The second-order valence-corrected chi connectivity index (χ2v) is 6.07. The van der Waals surface area contributed by atoms with Gasteiger partial charge in [0.1, 0.15) is 12.2 Å². The summed E-state index contributed by atoms with van der Waals surface area (Å²) in [6.07, 6.45) is -2.90. The molecule has 0 atom stereocenters. The van der Waals surface area contributed by atoms with Gasteiger partial charge >= 0.3 is 6.18 Å². The highest BCUT2D eigenvalue weighted by molar-refractivity contribution is 6.17. The molecule has 0 bridgehead atoms. The average molecular weight is 355 g/mol. The van der Waals surface area contributed by atoms with Crippen LogP contribution in [0.1, 0.15) is 11.1 Å². The molecule has 8 heteroatoms. The molecular formula is C18H12F3N5. The quantitative estimate of drug-likeness (QED) is 0.618. The number of aliphatic imine (C=N–C) groups is 2. The van der Waals surface area contributed by atoms with E-state index in [1.54, 1.807) is 17.0 Å². The first-order chi connectivity index (χ1) is 12.5. The van der Waals surface area contributed by atoms with Gasteiger partial charge in [-0.25, -0.2) is 9.98 Å². The molecule has 2 aliphatic rings. The van der Waals surface area contributed by atoms with Crippen LogP contribution in [-0.2, 0) is 6.18 Å². The normalized spacial score (nSPS) is 16.3. The molecule has 2 aliphatic heterocycles. The summed E-state index contributed by atoms with van der Waals surface area (Å²) in [5, 5.41) is 0. The third kappa shape index (κ3) is 2.08. The smallest absolute Gasteiger partial charge is 0.294 e. The number of aromatic nitrogens is 2. The van der Waals surface area contributed by atoms with E-state index in [9.17, 15) is 13.2 Å². The van der Waals surface area contributed by atoms with Crippen LogP contribution < -0.4 is 0 Å². The summed E-state index contributed by atoms with van der Waals surface area (Å²) in [7, 11) is 0. The second-order valence-electron chi connectivity index (χ2n) is 6.07. The molecule has 0 amide bonds. The Labute approximate surface area is 146 Å². The van der Waals surface area contributed by atoms with E-state index in [1.165, 1.54) is 6.07 Å². The molecule has 130 valence electrons. The molecule has 0 N–H and O–H groups in total. The van der Waals surface area contributed by atoms with Crippen LogP contribution >= 0.6 is 0 Å². The lowest BCUT2D eigenvalue weighted by Crippen LogP contribution is -2.41. The predicted molar refractivity (Wildman–Crippen MR) is 91.8 cm³/mol. The Morgan fingerprint density at radius 2 is 1.85 bits per heavy atom. The van der Waals surface area contributed by atoms with E-state index in [4.69, 9.17) is 0 Å². The first-order valence-electron chi connectivity index (χ1n) is 8.08. The lowest BCUT2D eigenvalue weighted by molar-refractivity contribution is -0.137. The van der Waals surface area contributed by atoms with E-state index in [0.29, 0.717) is 30.4 Å². The van der Waals surface area contributed by atoms with Gasteiger partial charge in [0.25, 0.3) is 0 Å². The van der Waals surface area contributed by atoms with Gasteiger partial charge in [-0.3, -0.25) is 14.5 Å². The molecule has 2 aromatic carbocycles. The first kappa shape index (κ1) is 15.1. The van der Waals surface area contributed by atoms with Crippen molar-refractivity contribution in [3.05, 3.63) is 59.9 Å². The van der Waals surface area contributed by atoms with Crippen molar-refractivity contribution in [3.63, 3.8) is 0 Å². The third-order valence-electron chi connectivity index (χ3n) is 4.55. The van der Waals surface area contributed by atoms with Crippen LogP contribution in [0, 0.1) is 0 Å². The number of imidazole rings is 1. The topological polar surface area (TPSA) is 45.8 Å². The highest BCUT2D eigenvalue weighted by atomic mass is 19.4. The van der Waals surface area contributed by atoms with Crippen molar-refractivity contribution in [2.24, 2.45) is 9.98 Å². The highest BCUT2D eigenvalue weighted by Gasteiger charge is 2.39. The Hall–Kier alpha value is -3.16. The standard InChI is InChI=1S/C18H12F3N5/c19-18(20,21)12-5-3-4-11-15(12)24-17(25-9-8-22-16(11)25)26-10-23-13-6-1-2-7-14(13)26/h1-7,10H,8-9H2. The fraction of sp³-hybridized carbons (Fsp3) is 0.167. The van der Waals surface area contributed by atoms with Crippen LogP contribution in [0.2, 0.25) is 0 Å². The molecule has 1 aromatic heterocycles. The van der Waals surface area contributed by atoms with Gasteiger partial charge in [0.05, 0.1) is 28.8 Å². The second kappa shape index (κ2) is 5.17. The average Bonchev–Trinajstić information content (AvgIpc) is 3.27. The molecular weight excluding hydrogens is 343 g/mol. The number of halogens is 3. The number of benzene rings is 2. The molecule has 3 aromatic rings. The number of rotatable bonds is 0. The van der Waals surface area contributed by atoms with E-state index in [2.05, 4.69) is 15.0 Å². The zero-order valence-corrected chi connectivity index (χ0v) is 13.4. The fourth-order valence-corrected chi connectivity index (χ4v) is 3.41. The molecule has 0 saturated carbocycles. The molecule has 0 fully saturated rings. The van der Waals surface area contributed by atoms with Crippen LogP contribution in [0.25, 0.3) is 11.0 Å². The number of hydrogen-bond donors (Lipinski definition) is 0. The molecule has 0 aliphatic carbocycles. The summed E-state index contributed by atoms with van der Waals surface area (Å²) < 4.78 is 42.2. The zero-order valence-electron chi connectivity index (χ0n) is 13.4. The fourth-order valence-electron chi connectivity index (χ4n) is 3.41. The van der Waals surface area contributed by atoms with Crippen molar-refractivity contribution >= 4 is 28.5 Å². The summed E-state index contributed by atoms with van der Waals surface area (Å²) in [5.41, 5.74) is 1.09. The number of alkyl halides is 3. The molecule has 0 unspecified atom stereocenters. The van der Waals surface area contributed by atoms with Crippen molar-refractivity contribution in [1.82, 2.24) is 14.5 Å². The van der Waals surface area contributed by atoms with Gasteiger partial charge in [-0.2, -0.15) is 13.2 Å². The summed E-state index contributed by atoms with van der Waals surface area (Å²) in [5.74, 6) is 0.910. The van der Waals surface area contributed by atoms with Crippen LogP contribution in [0.15, 0.2) is 58.8 Å². The largest absolute Gasteiger partial charge is 0.418 e. The van der Waals surface area contributed by atoms with Gasteiger partial charge in [0.2, 0.25) is 5.96 Å². The molecule has 5 rings (SSSR count). The van der Waals surface area contributed by atoms with E-state index in [0.717, 1.165) is 17.1 Å². The number of amidine groups is 1. The third-order valence-corrected chi connectivity index (χ3v) is 4.55. The minimum Gasteiger partial charge on any atom is -0.294 e. The monoisotopic (exact) mass is 355 g/mol. The Morgan fingerprint density at radius 1 is 1.00 bits per heavy atom. The van der Waals surface area contributed by atoms with Gasteiger partial charge in [-0.15, -0.1) is 0 Å². The molecule has 0 spiro atoms. The zero-order chi connectivity index (χ0) is 17.9. The minimum atomic E-state index is -4.49. The molecule has 5 nitrogen and oxygen atoms in total. The Balaban J connectivity index is 1.80. The summed E-state index contributed by atoms with van der Waals surface area (Å²) in [4.78, 5) is 15.0. The maximum Gasteiger partial charge on any atom is 0.418 e. The van der Waals surface area contributed by atoms with Gasteiger partial charge in [-0.05, 0) is 24.3 Å². The van der Waals surface area contributed by atoms with E-state index in [-0.39, 0.29) is 5.69 Å². The van der Waals surface area contributed by atoms with E-state index < -0.39 is 11.7 Å². The van der Waals surface area contributed by atoms with E-state index in [1.807, 2.05) is 29.2 Å². The first-order valence-corrected chi connectivity index (χ1v) is 8.08. The van der Waals surface area contributed by atoms with E-state index >= 15 is 0 Å². The van der Waals surface area contributed by atoms with Crippen molar-refractivity contribution in [1.29, 1.82) is 0 Å². The summed E-state index contributed by atoms with van der Waals surface area (Å²) in [6.45, 7) is 1.08. The van der Waals surface area contributed by atoms with Crippen molar-refractivity contribution in [2.75, 3.05) is 13.1 Å². The molecule has 0 radical (unpaired) electrons. The van der Waals surface area contributed by atoms with Gasteiger partial charge in [-0.1, -0.05) is 18.2 Å². The maximum absolute atomic E-state index is 13.5. The summed E-state index contributed by atoms with van der Waals surface area (Å²) in [6, 6.07) is 11.5. The number of hydrogen-bond acceptors (Lipinski definition) is 4. The predicted octanol–water partition coefficient (Wildman–Crippen LogP) is 3.67. The Bertz CT molecular complexity index is 1090. The van der Waals surface area contributed by atoms with Crippen LogP contribution in [-0.4, -0.2) is 39.3 Å². The lowest BCUT2D eigenvalue weighted by atomic mass is 10.0. The Morgan fingerprint density at radius 3 is 2.69 bits per heavy atom. The molecule has 26 heavy (non-hydrogen) atoms. The van der Waals surface area contributed by atoms with Crippen LogP contribution in [0.4, 0.5) is 18.9 Å². The summed E-state index contributed by atoms with van der Waals surface area (Å²) >= 11 is 0. The Kier molecular flexibility index (Phi) is 3.01. The van der Waals surface area contributed by atoms with Crippen LogP contribution in [0.5, 0.6) is 0 Å². The SMILES string of the molecule is FC(F)(F)c1cccc2c1N=C(n1cnc3ccccc31)N1CCN=C21. The minimum absolute atomic E-state index is 0.0929. The lowest BCUT2D eigenvalue weighted by Gasteiger charge is -2.29. The van der Waals surface area contributed by atoms with Crippen molar-refractivity contribution < 1.29 is 13.2 Å². The van der Waals surface area contributed by atoms with Crippen LogP contribution in [0.3, 0.4) is 0 Å². The number of fused-ring (bicyclic) bond motifs is 4. The number of nitrogens with zero attached hydrogens (tertiary/aromatic N) is 5. The van der Waals surface area contributed by atoms with Gasteiger partial charge < -0.3 is 0 Å².